The highest BCUT2D eigenvalue weighted by molar-refractivity contribution is 5.80. The first-order valence-corrected chi connectivity index (χ1v) is 8.78. The third-order valence-electron chi connectivity index (χ3n) is 4.56. The van der Waals surface area contributed by atoms with Crippen molar-refractivity contribution in [2.45, 2.75) is 19.3 Å². The van der Waals surface area contributed by atoms with E-state index in [9.17, 15) is 4.79 Å². The third kappa shape index (κ3) is 3.94. The maximum atomic E-state index is 11.3. The Hall–Kier alpha value is -3.08. The summed E-state index contributed by atoms with van der Waals surface area (Å²) < 4.78 is 11.7. The molecule has 0 radical (unpaired) electrons. The van der Waals surface area contributed by atoms with E-state index in [-0.39, 0.29) is 0 Å². The molecule has 0 amide bonds. The van der Waals surface area contributed by atoms with Crippen molar-refractivity contribution in [1.82, 2.24) is 10.2 Å². The first-order valence-electron chi connectivity index (χ1n) is 8.78. The second-order valence-electron chi connectivity index (χ2n) is 6.53. The molecule has 1 atom stereocenters. The molecule has 1 saturated carbocycles. The van der Waals surface area contributed by atoms with Crippen LogP contribution in [-0.4, -0.2) is 22.6 Å². The molecule has 5 heteroatoms. The number of benzene rings is 2. The molecule has 0 aliphatic heterocycles. The standard InChI is InChI=1S/C21H20N2O3/c24-17-4-1-15(13-17)14-25-18-7-9-20(10-8-18)26-19-5-2-16(3-6-19)21-11-12-22-23-21/h2-3,5-12,15H,1,4,13-14H2,(H,22,23)/t15-/m1/s1. The highest BCUT2D eigenvalue weighted by Crippen LogP contribution is 2.27. The lowest BCUT2D eigenvalue weighted by molar-refractivity contribution is -0.117. The first kappa shape index (κ1) is 16.4. The summed E-state index contributed by atoms with van der Waals surface area (Å²) in [5, 5.41) is 6.90. The molecule has 4 rings (SSSR count). The van der Waals surface area contributed by atoms with Gasteiger partial charge in [0.1, 0.15) is 23.0 Å². The number of nitrogens with zero attached hydrogens (tertiary/aromatic N) is 1. The molecule has 1 heterocycles. The number of Topliss-reactive ketones (excluding diaryl/α,β-unsaturated/α-hetero) is 1. The van der Waals surface area contributed by atoms with E-state index in [1.165, 1.54) is 0 Å². The van der Waals surface area contributed by atoms with E-state index < -0.39 is 0 Å². The Morgan fingerprint density at radius 2 is 1.65 bits per heavy atom. The van der Waals surface area contributed by atoms with Crippen LogP contribution in [-0.2, 0) is 4.79 Å². The Bertz CT molecular complexity index is 855. The second kappa shape index (κ2) is 7.44. The van der Waals surface area contributed by atoms with Crippen molar-refractivity contribution in [3.05, 3.63) is 60.8 Å². The van der Waals surface area contributed by atoms with Crippen LogP contribution < -0.4 is 9.47 Å². The fraction of sp³-hybridized carbons (Fsp3) is 0.238. The highest BCUT2D eigenvalue weighted by atomic mass is 16.5. The highest BCUT2D eigenvalue weighted by Gasteiger charge is 2.22. The summed E-state index contributed by atoms with van der Waals surface area (Å²) in [5.41, 5.74) is 2.03. The average molecular weight is 348 g/mol. The molecule has 1 aliphatic rings. The molecule has 2 aromatic carbocycles. The molecule has 0 bridgehead atoms. The molecule has 0 spiro atoms. The maximum absolute atomic E-state index is 11.3. The Labute approximate surface area is 152 Å². The molecule has 3 aromatic rings. The van der Waals surface area contributed by atoms with Crippen LogP contribution in [0.5, 0.6) is 17.2 Å². The summed E-state index contributed by atoms with van der Waals surface area (Å²) in [5.74, 6) is 3.02. The van der Waals surface area contributed by atoms with E-state index in [0.29, 0.717) is 31.1 Å². The summed E-state index contributed by atoms with van der Waals surface area (Å²) in [6.07, 6.45) is 4.01. The number of hydrogen-bond donors (Lipinski definition) is 1. The van der Waals surface area contributed by atoms with Crippen LogP contribution in [0.3, 0.4) is 0 Å². The molecular formula is C21H20N2O3. The fourth-order valence-electron chi connectivity index (χ4n) is 3.11. The van der Waals surface area contributed by atoms with E-state index in [1.54, 1.807) is 6.20 Å². The Morgan fingerprint density at radius 3 is 2.27 bits per heavy atom. The molecular weight excluding hydrogens is 328 g/mol. The van der Waals surface area contributed by atoms with Crippen LogP contribution in [0.4, 0.5) is 0 Å². The number of carbonyl (C=O) groups is 1. The van der Waals surface area contributed by atoms with Crippen LogP contribution in [0.25, 0.3) is 11.3 Å². The summed E-state index contributed by atoms with van der Waals surface area (Å²) >= 11 is 0. The van der Waals surface area contributed by atoms with E-state index in [0.717, 1.165) is 34.9 Å². The van der Waals surface area contributed by atoms with E-state index in [4.69, 9.17) is 9.47 Å². The molecule has 1 fully saturated rings. The van der Waals surface area contributed by atoms with Gasteiger partial charge in [-0.2, -0.15) is 5.10 Å². The minimum atomic E-state index is 0.348. The SMILES string of the molecule is O=C1CC[C@@H](COc2ccc(Oc3ccc(-c4ccn[nH]4)cc3)cc2)C1. The summed E-state index contributed by atoms with van der Waals surface area (Å²) in [7, 11) is 0. The van der Waals surface area contributed by atoms with E-state index in [1.807, 2.05) is 54.6 Å². The predicted molar refractivity (Wildman–Crippen MR) is 98.4 cm³/mol. The number of H-pyrrole nitrogens is 1. The largest absolute Gasteiger partial charge is 0.493 e. The second-order valence-corrected chi connectivity index (χ2v) is 6.53. The molecule has 0 unspecified atom stereocenters. The summed E-state index contributed by atoms with van der Waals surface area (Å²) in [6, 6.07) is 17.3. The van der Waals surface area contributed by atoms with Gasteiger partial charge in [0.25, 0.3) is 0 Å². The van der Waals surface area contributed by atoms with Crippen molar-refractivity contribution in [2.75, 3.05) is 6.61 Å². The maximum Gasteiger partial charge on any atom is 0.133 e. The monoisotopic (exact) mass is 348 g/mol. The zero-order chi connectivity index (χ0) is 17.8. The van der Waals surface area contributed by atoms with Gasteiger partial charge < -0.3 is 9.47 Å². The van der Waals surface area contributed by atoms with Crippen molar-refractivity contribution in [3.8, 4) is 28.5 Å². The fourth-order valence-corrected chi connectivity index (χ4v) is 3.11. The normalized spacial score (nSPS) is 16.6. The molecule has 1 N–H and O–H groups in total. The number of carbonyl (C=O) groups excluding carboxylic acids is 1. The third-order valence-corrected chi connectivity index (χ3v) is 4.56. The van der Waals surface area contributed by atoms with Gasteiger partial charge in [-0.3, -0.25) is 9.89 Å². The van der Waals surface area contributed by atoms with Gasteiger partial charge in [-0.05, 0) is 66.6 Å². The summed E-state index contributed by atoms with van der Waals surface area (Å²) in [6.45, 7) is 0.598. The quantitative estimate of drug-likeness (QED) is 0.706. The van der Waals surface area contributed by atoms with Crippen LogP contribution in [0.15, 0.2) is 60.8 Å². The van der Waals surface area contributed by atoms with Gasteiger partial charge in [0, 0.05) is 25.0 Å². The van der Waals surface area contributed by atoms with Crippen LogP contribution in [0.1, 0.15) is 19.3 Å². The van der Waals surface area contributed by atoms with Crippen molar-refractivity contribution >= 4 is 5.78 Å². The molecule has 132 valence electrons. The zero-order valence-corrected chi connectivity index (χ0v) is 14.4. The smallest absolute Gasteiger partial charge is 0.133 e. The Kier molecular flexibility index (Phi) is 4.69. The van der Waals surface area contributed by atoms with Crippen LogP contribution in [0.2, 0.25) is 0 Å². The Balaban J connectivity index is 1.33. The average Bonchev–Trinajstić information content (AvgIpc) is 3.34. The van der Waals surface area contributed by atoms with Crippen molar-refractivity contribution in [3.63, 3.8) is 0 Å². The van der Waals surface area contributed by atoms with Crippen molar-refractivity contribution in [1.29, 1.82) is 0 Å². The van der Waals surface area contributed by atoms with Crippen LogP contribution in [0, 0.1) is 5.92 Å². The molecule has 26 heavy (non-hydrogen) atoms. The minimum Gasteiger partial charge on any atom is -0.493 e. The molecule has 0 saturated heterocycles. The lowest BCUT2D eigenvalue weighted by Crippen LogP contribution is -2.08. The molecule has 5 nitrogen and oxygen atoms in total. The summed E-state index contributed by atoms with van der Waals surface area (Å²) in [4.78, 5) is 11.3. The van der Waals surface area contributed by atoms with Gasteiger partial charge in [0.05, 0.1) is 12.3 Å². The lowest BCUT2D eigenvalue weighted by atomic mass is 10.1. The van der Waals surface area contributed by atoms with Gasteiger partial charge in [-0.1, -0.05) is 0 Å². The van der Waals surface area contributed by atoms with Crippen LogP contribution >= 0.6 is 0 Å². The lowest BCUT2D eigenvalue weighted by Gasteiger charge is -2.11. The molecule has 1 aliphatic carbocycles. The molecule has 1 aromatic heterocycles. The topological polar surface area (TPSA) is 64.2 Å². The number of aromatic amines is 1. The van der Waals surface area contributed by atoms with Crippen molar-refractivity contribution in [2.24, 2.45) is 5.92 Å². The first-order chi connectivity index (χ1) is 12.8. The van der Waals surface area contributed by atoms with Gasteiger partial charge in [-0.25, -0.2) is 0 Å². The van der Waals surface area contributed by atoms with Crippen molar-refractivity contribution < 1.29 is 14.3 Å². The van der Waals surface area contributed by atoms with Gasteiger partial charge >= 0.3 is 0 Å². The number of nitrogens with one attached hydrogen (secondary N) is 1. The zero-order valence-electron chi connectivity index (χ0n) is 14.4. The van der Waals surface area contributed by atoms with Gasteiger partial charge in [0.2, 0.25) is 0 Å². The van der Waals surface area contributed by atoms with E-state index in [2.05, 4.69) is 10.2 Å². The number of rotatable bonds is 6. The number of hydrogen-bond acceptors (Lipinski definition) is 4. The number of ketones is 1. The van der Waals surface area contributed by atoms with Gasteiger partial charge in [-0.15, -0.1) is 0 Å². The van der Waals surface area contributed by atoms with Gasteiger partial charge in [0.15, 0.2) is 0 Å². The number of aromatic nitrogens is 2. The predicted octanol–water partition coefficient (Wildman–Crippen LogP) is 4.62. The number of ether oxygens (including phenoxy) is 2. The van der Waals surface area contributed by atoms with E-state index >= 15 is 0 Å². The minimum absolute atomic E-state index is 0.348. The Morgan fingerprint density at radius 1 is 0.962 bits per heavy atom.